The van der Waals surface area contributed by atoms with Crippen LogP contribution in [0, 0.1) is 0 Å². The van der Waals surface area contributed by atoms with Gasteiger partial charge in [0.2, 0.25) is 0 Å². The third-order valence-electron chi connectivity index (χ3n) is 9.36. The van der Waals surface area contributed by atoms with Crippen LogP contribution in [0.25, 0.3) is 22.2 Å². The van der Waals surface area contributed by atoms with E-state index in [4.69, 9.17) is 13.9 Å². The number of nitrogens with one attached hydrogen (secondary N) is 1. The van der Waals surface area contributed by atoms with Crippen molar-refractivity contribution in [3.8, 4) is 17.0 Å². The van der Waals surface area contributed by atoms with Crippen molar-refractivity contribution in [3.63, 3.8) is 0 Å². The van der Waals surface area contributed by atoms with Gasteiger partial charge in [-0.25, -0.2) is 9.36 Å². The fraction of sp³-hybridized carbons (Fsp3) is 0.543. The highest BCUT2D eigenvalue weighted by Crippen LogP contribution is 2.38. The number of methoxy groups -OCH3 is 1. The van der Waals surface area contributed by atoms with E-state index in [9.17, 15) is 9.59 Å². The van der Waals surface area contributed by atoms with Crippen molar-refractivity contribution >= 4 is 31.2 Å². The number of amides is 1. The van der Waals surface area contributed by atoms with E-state index in [0.29, 0.717) is 29.1 Å². The maximum atomic E-state index is 13.7. The Hall–Kier alpha value is -3.18. The van der Waals surface area contributed by atoms with Crippen molar-refractivity contribution in [1.82, 2.24) is 19.7 Å². The van der Waals surface area contributed by atoms with Crippen LogP contribution in [0.3, 0.4) is 0 Å². The van der Waals surface area contributed by atoms with Gasteiger partial charge < -0.3 is 19.2 Å². The minimum Gasteiger partial charge on any atom is -0.497 e. The molecule has 3 heterocycles. The van der Waals surface area contributed by atoms with Crippen LogP contribution in [0.15, 0.2) is 36.4 Å². The molecular weight excluding hydrogens is 584 g/mol. The van der Waals surface area contributed by atoms with Crippen molar-refractivity contribution < 1.29 is 23.5 Å². The summed E-state index contributed by atoms with van der Waals surface area (Å²) in [5.74, 6) is 0.475. The smallest absolute Gasteiger partial charge is 0.419 e. The summed E-state index contributed by atoms with van der Waals surface area (Å²) in [6.45, 7) is 24.1. The molecule has 2 aliphatic rings. The lowest BCUT2D eigenvalue weighted by Gasteiger charge is -2.38. The number of rotatable bonds is 8. The van der Waals surface area contributed by atoms with Gasteiger partial charge in [-0.05, 0) is 80.4 Å². The second-order valence-electron chi connectivity index (χ2n) is 14.9. The van der Waals surface area contributed by atoms with E-state index in [1.54, 1.807) is 11.7 Å². The Morgan fingerprint density at radius 3 is 2.29 bits per heavy atom. The maximum absolute atomic E-state index is 13.7. The Labute approximate surface area is 268 Å². The highest BCUT2D eigenvalue weighted by molar-refractivity contribution is 6.74. The second kappa shape index (κ2) is 12.5. The van der Waals surface area contributed by atoms with Gasteiger partial charge in [0.15, 0.2) is 8.32 Å². The Morgan fingerprint density at radius 2 is 1.64 bits per heavy atom. The lowest BCUT2D eigenvalue weighted by atomic mass is 9.99. The fourth-order valence-electron chi connectivity index (χ4n) is 5.81. The Bertz CT molecular complexity index is 1580. The summed E-state index contributed by atoms with van der Waals surface area (Å²) in [6.07, 6.45) is -0.483. The molecule has 0 atom stereocenters. The van der Waals surface area contributed by atoms with E-state index >= 15 is 0 Å². The largest absolute Gasteiger partial charge is 0.497 e. The quantitative estimate of drug-likeness (QED) is 0.284. The van der Waals surface area contributed by atoms with Gasteiger partial charge in [0.1, 0.15) is 11.4 Å². The molecule has 1 amide bonds. The molecule has 9 nitrogen and oxygen atoms in total. The summed E-state index contributed by atoms with van der Waals surface area (Å²) in [6, 6.07) is 11.9. The summed E-state index contributed by atoms with van der Waals surface area (Å²) in [4.78, 5) is 31.6. The first-order chi connectivity index (χ1) is 21.1. The summed E-state index contributed by atoms with van der Waals surface area (Å²) >= 11 is 0. The van der Waals surface area contributed by atoms with Crippen LogP contribution in [0.1, 0.15) is 63.0 Å². The molecule has 0 aliphatic carbocycles. The second-order valence-corrected chi connectivity index (χ2v) is 19.7. The van der Waals surface area contributed by atoms with Crippen LogP contribution in [-0.2, 0) is 22.3 Å². The van der Waals surface area contributed by atoms with E-state index in [-0.39, 0.29) is 10.9 Å². The van der Waals surface area contributed by atoms with Crippen LogP contribution in [-0.4, -0.2) is 86.7 Å². The zero-order valence-electron chi connectivity index (χ0n) is 28.5. The van der Waals surface area contributed by atoms with Crippen LogP contribution < -0.4 is 10.1 Å². The molecule has 244 valence electrons. The molecule has 2 aromatic carbocycles. The average Bonchev–Trinajstić information content (AvgIpc) is 3.52. The molecule has 0 spiro atoms. The number of piperazine rings is 1. The van der Waals surface area contributed by atoms with E-state index in [1.807, 2.05) is 45.0 Å². The van der Waals surface area contributed by atoms with Gasteiger partial charge in [-0.1, -0.05) is 26.8 Å². The number of hydrogen-bond donors (Lipinski definition) is 1. The van der Waals surface area contributed by atoms with E-state index in [0.717, 1.165) is 62.3 Å². The van der Waals surface area contributed by atoms with E-state index in [2.05, 4.69) is 61.1 Å². The molecule has 1 aromatic heterocycles. The van der Waals surface area contributed by atoms with Crippen LogP contribution in [0.5, 0.6) is 5.75 Å². The Morgan fingerprint density at radius 1 is 0.956 bits per heavy atom. The zero-order chi connectivity index (χ0) is 32.7. The highest BCUT2D eigenvalue weighted by atomic mass is 28.4. The number of aromatic nitrogens is 1. The van der Waals surface area contributed by atoms with Crippen molar-refractivity contribution in [2.75, 3.05) is 46.4 Å². The van der Waals surface area contributed by atoms with Crippen LogP contribution in [0.2, 0.25) is 18.1 Å². The SMILES string of the molecule is COc1cc2c(c(-c3cc4cc(CN5CCN(CCO[Si](C)(C)C(C)(C)C)CC5)ccc4n3C(=O)OC(C)(C)C)c1)C(=O)NC2. The number of benzene rings is 2. The number of hydrogen-bond acceptors (Lipinski definition) is 7. The highest BCUT2D eigenvalue weighted by Gasteiger charge is 2.37. The Balaban J connectivity index is 1.36. The molecule has 1 N–H and O–H groups in total. The first-order valence-electron chi connectivity index (χ1n) is 16.0. The van der Waals surface area contributed by atoms with Gasteiger partial charge in [0, 0.05) is 63.4 Å². The molecule has 10 heteroatoms. The van der Waals surface area contributed by atoms with Gasteiger partial charge in [-0.15, -0.1) is 0 Å². The topological polar surface area (TPSA) is 85.3 Å². The lowest BCUT2D eigenvalue weighted by Crippen LogP contribution is -2.48. The maximum Gasteiger partial charge on any atom is 0.419 e. The van der Waals surface area contributed by atoms with Crippen molar-refractivity contribution in [3.05, 3.63) is 53.1 Å². The van der Waals surface area contributed by atoms with Crippen molar-refractivity contribution in [2.24, 2.45) is 0 Å². The van der Waals surface area contributed by atoms with Gasteiger partial charge in [0.25, 0.3) is 5.91 Å². The first-order valence-corrected chi connectivity index (χ1v) is 18.9. The third kappa shape index (κ3) is 7.30. The number of carbonyl (C=O) groups is 2. The standard InChI is InChI=1S/C35H50N4O5Si/c1-34(2,3)44-33(41)39-29-11-10-24(23-38-14-12-37(13-15-38)16-17-43-45(8,9)35(4,5)6)18-25(29)20-30(39)28-21-27(42-7)19-26-22-36-32(40)31(26)28/h10-11,18-21H,12-17,22-23H2,1-9H3,(H,36,40). The molecule has 0 unspecified atom stereocenters. The van der Waals surface area contributed by atoms with Crippen molar-refractivity contribution in [1.29, 1.82) is 0 Å². The predicted octanol–water partition coefficient (Wildman–Crippen LogP) is 6.48. The normalized spacial score (nSPS) is 16.6. The van der Waals surface area contributed by atoms with Gasteiger partial charge in [0.05, 0.1) is 23.9 Å². The predicted molar refractivity (Wildman–Crippen MR) is 182 cm³/mol. The minimum atomic E-state index is -1.73. The molecule has 45 heavy (non-hydrogen) atoms. The summed E-state index contributed by atoms with van der Waals surface area (Å²) < 4.78 is 19.4. The fourth-order valence-corrected chi connectivity index (χ4v) is 6.84. The zero-order valence-corrected chi connectivity index (χ0v) is 29.5. The van der Waals surface area contributed by atoms with Gasteiger partial charge in [-0.2, -0.15) is 0 Å². The lowest BCUT2D eigenvalue weighted by molar-refractivity contribution is 0.0546. The number of carbonyl (C=O) groups excluding carboxylic acids is 2. The summed E-state index contributed by atoms with van der Waals surface area (Å²) in [5, 5.41) is 4.06. The van der Waals surface area contributed by atoms with Crippen molar-refractivity contribution in [2.45, 2.75) is 78.4 Å². The van der Waals surface area contributed by atoms with Crippen LogP contribution in [0.4, 0.5) is 4.79 Å². The third-order valence-corrected chi connectivity index (χ3v) is 13.9. The molecular formula is C35H50N4O5Si. The average molecular weight is 635 g/mol. The van der Waals surface area contributed by atoms with Gasteiger partial charge >= 0.3 is 6.09 Å². The summed E-state index contributed by atoms with van der Waals surface area (Å²) in [7, 11) is -0.122. The molecule has 2 aliphatic heterocycles. The van der Waals surface area contributed by atoms with E-state index in [1.165, 1.54) is 5.56 Å². The number of ether oxygens (including phenoxy) is 2. The molecule has 5 rings (SSSR count). The Kier molecular flexibility index (Phi) is 9.25. The monoisotopic (exact) mass is 634 g/mol. The molecule has 0 saturated carbocycles. The number of nitrogens with zero attached hydrogens (tertiary/aromatic N) is 3. The molecule has 0 radical (unpaired) electrons. The molecule has 0 bridgehead atoms. The first kappa shape index (κ1) is 33.2. The van der Waals surface area contributed by atoms with E-state index < -0.39 is 20.0 Å². The minimum absolute atomic E-state index is 0.157. The summed E-state index contributed by atoms with van der Waals surface area (Å²) in [5.41, 5.74) is 3.91. The molecule has 3 aromatic rings. The van der Waals surface area contributed by atoms with Crippen LogP contribution >= 0.6 is 0 Å². The molecule has 1 saturated heterocycles. The molecule has 1 fully saturated rings. The number of fused-ring (bicyclic) bond motifs is 2. The van der Waals surface area contributed by atoms with Gasteiger partial charge in [-0.3, -0.25) is 14.6 Å².